The van der Waals surface area contributed by atoms with Gasteiger partial charge in [-0.1, -0.05) is 315 Å². The number of rotatable bonds is 8. The van der Waals surface area contributed by atoms with E-state index in [1.807, 2.05) is 59.9 Å². The van der Waals surface area contributed by atoms with Gasteiger partial charge in [0, 0.05) is 140 Å². The summed E-state index contributed by atoms with van der Waals surface area (Å²) >= 11 is 1.88. The lowest BCUT2D eigenvalue weighted by molar-refractivity contribution is 0.669. The Morgan fingerprint density at radius 3 is 1.04 bits per heavy atom. The van der Waals surface area contributed by atoms with Crippen LogP contribution in [-0.4, -0.2) is 47.3 Å². The Bertz CT molecular complexity index is 11300. The maximum absolute atomic E-state index is 6.45. The van der Waals surface area contributed by atoms with E-state index in [1.54, 1.807) is 0 Å². The van der Waals surface area contributed by atoms with E-state index in [0.29, 0.717) is 11.9 Å². The molecule has 0 N–H and O–H groups in total. The van der Waals surface area contributed by atoms with E-state index >= 15 is 0 Å². The molecule has 0 aliphatic carbocycles. The summed E-state index contributed by atoms with van der Waals surface area (Å²) in [5.74, 6) is 1.27. The average molecular weight is 1870 g/mol. The molecule has 12 nitrogen and oxygen atoms in total. The molecule has 0 amide bonds. The van der Waals surface area contributed by atoms with E-state index in [4.69, 9.17) is 28.8 Å². The van der Waals surface area contributed by atoms with Crippen LogP contribution < -0.4 is 0 Å². The van der Waals surface area contributed by atoms with Gasteiger partial charge in [-0.3, -0.25) is 9.13 Å². The molecule has 11 heterocycles. The summed E-state index contributed by atoms with van der Waals surface area (Å²) in [6, 6.07) is 169. The molecular weight excluding hydrogens is 1790 g/mol. The molecule has 0 unspecified atom stereocenters. The Kier molecular flexibility index (Phi) is 17.6. The number of thiophene rings is 1. The first kappa shape index (κ1) is 80.6. The van der Waals surface area contributed by atoms with Crippen molar-refractivity contribution in [3.05, 3.63) is 473 Å². The smallest absolute Gasteiger partial charge is 0.235 e. The summed E-state index contributed by atoms with van der Waals surface area (Å²) in [6.45, 7) is 0. The summed E-state index contributed by atoms with van der Waals surface area (Å²) in [4.78, 5) is 21.2. The minimum absolute atomic E-state index is 0.622. The molecule has 33 aromatic rings. The number of hydrogen-bond acceptors (Lipinski definition) is 7. The third-order valence-corrected chi connectivity index (χ3v) is 31.0. The van der Waals surface area contributed by atoms with Crippen LogP contribution in [0.15, 0.2) is 482 Å². The van der Waals surface area contributed by atoms with E-state index in [-0.39, 0.29) is 0 Å². The second-order valence-corrected chi connectivity index (χ2v) is 38.8. The van der Waals surface area contributed by atoms with Gasteiger partial charge in [-0.05, 0) is 174 Å². The summed E-state index contributed by atoms with van der Waals surface area (Å²) in [5.41, 5.74) is 27.5. The van der Waals surface area contributed by atoms with Crippen LogP contribution in [0.2, 0.25) is 0 Å². The lowest BCUT2D eigenvalue weighted by atomic mass is 10.00. The third-order valence-electron chi connectivity index (χ3n) is 29.9. The predicted octanol–water partition coefficient (Wildman–Crippen LogP) is 35.3. The van der Waals surface area contributed by atoms with Crippen molar-refractivity contribution in [2.45, 2.75) is 0 Å². The first-order valence-electron chi connectivity index (χ1n) is 49.1. The lowest BCUT2D eigenvalue weighted by Crippen LogP contribution is -2.04. The van der Waals surface area contributed by atoms with Gasteiger partial charge >= 0.3 is 0 Å². The quantitative estimate of drug-likeness (QED) is 0.140. The SMILES string of the molecule is c1ccc(-c2nc(-n3c4cc5c(cc4c4ccc6oc7ccccc7c6c43)c3ccccc3n5-c3ccccc3)nc3ccccc23)cc1.c1ccc(-c2nc(-n3c4ccccc4c4cc5c6ccc7oc8ccccc8c7c6n(-c6ccccc6)c5cc43)nc3ccccc23)cc1.c1ccc(-n2c3cc4c(cc3c3ccc5sc6ccccc6c5c32)c2ccccc2n4-c2cc3ccccc3c3ccccc23)cc1. The Morgan fingerprint density at radius 1 is 0.179 bits per heavy atom. The second-order valence-electron chi connectivity index (χ2n) is 37.7. The molecule has 0 saturated heterocycles. The third kappa shape index (κ3) is 12.1. The number of furan rings is 2. The van der Waals surface area contributed by atoms with Gasteiger partial charge in [0.25, 0.3) is 0 Å². The molecule has 674 valence electrons. The maximum Gasteiger partial charge on any atom is 0.235 e. The van der Waals surface area contributed by atoms with Crippen LogP contribution in [0, 0.1) is 0 Å². The van der Waals surface area contributed by atoms with Crippen LogP contribution >= 0.6 is 11.3 Å². The number of aromatic nitrogens is 10. The van der Waals surface area contributed by atoms with Crippen molar-refractivity contribution in [1.82, 2.24) is 47.3 Å². The summed E-state index contributed by atoms with van der Waals surface area (Å²) < 4.78 is 29.8. The second kappa shape index (κ2) is 31.6. The van der Waals surface area contributed by atoms with Crippen molar-refractivity contribution >= 4 is 250 Å². The largest absolute Gasteiger partial charge is 0.456 e. The fraction of sp³-hybridized carbons (Fsp3) is 0. The van der Waals surface area contributed by atoms with Crippen molar-refractivity contribution < 1.29 is 8.83 Å². The van der Waals surface area contributed by atoms with Gasteiger partial charge < -0.3 is 27.1 Å². The molecule has 0 radical (unpaired) electrons. The first-order chi connectivity index (χ1) is 72.0. The van der Waals surface area contributed by atoms with Crippen LogP contribution in [0.3, 0.4) is 0 Å². The maximum atomic E-state index is 6.45. The Hall–Kier alpha value is -19.3. The summed E-state index contributed by atoms with van der Waals surface area (Å²) in [6.07, 6.45) is 0. The van der Waals surface area contributed by atoms with Crippen molar-refractivity contribution in [2.75, 3.05) is 0 Å². The van der Waals surface area contributed by atoms with E-state index < -0.39 is 0 Å². The van der Waals surface area contributed by atoms with Gasteiger partial charge in [0.2, 0.25) is 11.9 Å². The highest BCUT2D eigenvalue weighted by atomic mass is 32.1. The molecule has 0 saturated carbocycles. The zero-order valence-electron chi connectivity index (χ0n) is 77.7. The topological polar surface area (TPSA) is 107 Å². The van der Waals surface area contributed by atoms with Gasteiger partial charge in [-0.2, -0.15) is 0 Å². The molecule has 0 atom stereocenters. The molecule has 11 aromatic heterocycles. The van der Waals surface area contributed by atoms with Crippen molar-refractivity contribution in [1.29, 1.82) is 0 Å². The molecule has 0 fully saturated rings. The molecule has 13 heteroatoms. The standard InChI is InChI=1S/2C44H26N4O.C44H26N2S/c1-3-13-27(14-4-1)42-31-18-7-10-20-35(31)45-44(46-42)48-36-21-11-8-17-29(36)33-25-34-30-23-24-40-41(32-19-9-12-22-39(32)49-40)43(30)47(37(34)26-38(33)48)28-15-5-2-6-16-28;1-3-13-27(14-4-1)42-31-18-7-10-20-35(31)45-44(46-42)48-38-26-37-33(29-17-8-11-21-36(29)47(37)28-15-5-2-6-16-28)25-34(38)30-23-24-40-41(43(30)48)32-19-9-12-22-39(32)49-40;1-2-13-28(14-3-1)45-39-26-40-35(25-36(39)33-22-23-42-43(44(33)45)34-19-9-11-21-41(34)47-42)32-18-8-10-20-37(32)46(40)38-24-27-12-4-5-15-29(27)30-16-6-7-17-31(30)38/h2*1-26H;1-26H. The molecule has 0 aliphatic heterocycles. The number of para-hydroxylation sites is 10. The fourth-order valence-corrected chi connectivity index (χ4v) is 24.8. The van der Waals surface area contributed by atoms with Gasteiger partial charge in [0.05, 0.1) is 105 Å². The Labute approximate surface area is 830 Å². The van der Waals surface area contributed by atoms with E-state index in [9.17, 15) is 0 Å². The van der Waals surface area contributed by atoms with Gasteiger partial charge in [-0.15, -0.1) is 11.3 Å². The highest BCUT2D eigenvalue weighted by Crippen LogP contribution is 2.51. The zero-order valence-corrected chi connectivity index (χ0v) is 78.5. The lowest BCUT2D eigenvalue weighted by Gasteiger charge is -2.15. The molecule has 0 aliphatic rings. The predicted molar refractivity (Wildman–Crippen MR) is 605 cm³/mol. The van der Waals surface area contributed by atoms with E-state index in [0.717, 1.165) is 160 Å². The van der Waals surface area contributed by atoms with Crippen LogP contribution in [-0.2, 0) is 0 Å². The molecule has 0 spiro atoms. The Balaban J connectivity index is 0.0000000990. The fourth-order valence-electron chi connectivity index (χ4n) is 23.7. The monoisotopic (exact) mass is 1870 g/mol. The van der Waals surface area contributed by atoms with Crippen LogP contribution in [0.1, 0.15) is 0 Å². The summed E-state index contributed by atoms with van der Waals surface area (Å²) in [7, 11) is 0. The van der Waals surface area contributed by atoms with Gasteiger partial charge in [0.1, 0.15) is 22.3 Å². The zero-order chi connectivity index (χ0) is 94.7. The van der Waals surface area contributed by atoms with Crippen LogP contribution in [0.4, 0.5) is 0 Å². The van der Waals surface area contributed by atoms with Crippen molar-refractivity contribution in [2.24, 2.45) is 0 Å². The molecule has 33 rings (SSSR count). The van der Waals surface area contributed by atoms with Gasteiger partial charge in [0.15, 0.2) is 0 Å². The van der Waals surface area contributed by atoms with E-state index in [2.05, 4.69) is 452 Å². The van der Waals surface area contributed by atoms with Crippen LogP contribution in [0.5, 0.6) is 0 Å². The minimum atomic E-state index is 0.622. The van der Waals surface area contributed by atoms with Crippen LogP contribution in [0.25, 0.3) is 295 Å². The summed E-state index contributed by atoms with van der Waals surface area (Å²) in [5, 5.41) is 28.6. The molecular formula is C132H78N10O2S. The number of benzene rings is 22. The highest BCUT2D eigenvalue weighted by molar-refractivity contribution is 7.26. The molecule has 145 heavy (non-hydrogen) atoms. The average Bonchev–Trinajstić information content (AvgIpc) is 1.54. The minimum Gasteiger partial charge on any atom is -0.456 e. The molecule has 22 aromatic carbocycles. The van der Waals surface area contributed by atoms with Gasteiger partial charge in [-0.25, -0.2) is 19.9 Å². The van der Waals surface area contributed by atoms with Crippen molar-refractivity contribution in [3.63, 3.8) is 0 Å². The Morgan fingerprint density at radius 2 is 0.524 bits per heavy atom. The number of fused-ring (bicyclic) bond motifs is 35. The first-order valence-corrected chi connectivity index (χ1v) is 50.0. The normalized spacial score (nSPS) is 12.1. The van der Waals surface area contributed by atoms with E-state index in [1.165, 1.54) is 124 Å². The molecule has 0 bridgehead atoms. The van der Waals surface area contributed by atoms with Crippen molar-refractivity contribution in [3.8, 4) is 57.2 Å². The number of nitrogens with zero attached hydrogens (tertiary/aromatic N) is 10. The highest BCUT2D eigenvalue weighted by Gasteiger charge is 2.30. The number of hydrogen-bond donors (Lipinski definition) is 0.